The van der Waals surface area contributed by atoms with Gasteiger partial charge in [0.05, 0.1) is 36.0 Å². The number of esters is 1. The average Bonchev–Trinajstić information content (AvgIpc) is 3.24. The molecule has 0 saturated carbocycles. The van der Waals surface area contributed by atoms with E-state index in [2.05, 4.69) is 4.57 Å². The van der Waals surface area contributed by atoms with E-state index in [-0.39, 0.29) is 5.97 Å². The van der Waals surface area contributed by atoms with Crippen LogP contribution in [0.4, 0.5) is 0 Å². The Morgan fingerprint density at radius 3 is 2.59 bits per heavy atom. The zero-order valence-electron chi connectivity index (χ0n) is 15.0. The molecule has 0 fully saturated rings. The van der Waals surface area contributed by atoms with Crippen molar-refractivity contribution >= 4 is 34.4 Å². The Balaban J connectivity index is 1.93. The van der Waals surface area contributed by atoms with Gasteiger partial charge in [-0.2, -0.15) is 0 Å². The smallest absolute Gasteiger partial charge is 0.337 e. The first-order valence-corrected chi connectivity index (χ1v) is 8.84. The number of hydrogen-bond acceptors (Lipinski definition) is 4. The molecule has 138 valence electrons. The van der Waals surface area contributed by atoms with Gasteiger partial charge in [0.2, 0.25) is 5.78 Å². The Morgan fingerprint density at radius 2 is 1.89 bits per heavy atom. The van der Waals surface area contributed by atoms with Crippen molar-refractivity contribution in [3.05, 3.63) is 59.2 Å². The molecule has 0 aliphatic heterocycles. The summed E-state index contributed by atoms with van der Waals surface area (Å²) in [4.78, 5) is 16.8. The molecule has 7 heteroatoms. The molecule has 0 bridgehead atoms. The summed E-state index contributed by atoms with van der Waals surface area (Å²) in [6.07, 6.45) is 1.96. The standard InChI is InChI=1S/C20H18ClN3O3/c1-26-10-9-23-17-8-5-14(19(25)27-2)11-18(17)24-12-16(22-20(23)24)13-3-6-15(21)7-4-13/h3-8,11-12H,9-10H2,1-2H3. The van der Waals surface area contributed by atoms with E-state index < -0.39 is 0 Å². The van der Waals surface area contributed by atoms with Crippen molar-refractivity contribution in [2.24, 2.45) is 0 Å². The molecule has 2 heterocycles. The number of benzene rings is 2. The number of ether oxygens (including phenoxy) is 2. The summed E-state index contributed by atoms with van der Waals surface area (Å²) in [6.45, 7) is 1.21. The molecule has 0 aliphatic carbocycles. The zero-order chi connectivity index (χ0) is 19.0. The van der Waals surface area contributed by atoms with Gasteiger partial charge >= 0.3 is 5.97 Å². The van der Waals surface area contributed by atoms with Crippen LogP contribution in [0, 0.1) is 0 Å². The van der Waals surface area contributed by atoms with Crippen LogP contribution >= 0.6 is 11.6 Å². The van der Waals surface area contributed by atoms with Gasteiger partial charge < -0.3 is 14.0 Å². The Bertz CT molecular complexity index is 1130. The van der Waals surface area contributed by atoms with Gasteiger partial charge in [-0.25, -0.2) is 9.78 Å². The molecule has 2 aromatic carbocycles. The highest BCUT2D eigenvalue weighted by molar-refractivity contribution is 6.30. The van der Waals surface area contributed by atoms with Crippen molar-refractivity contribution in [2.45, 2.75) is 6.54 Å². The maximum atomic E-state index is 11.9. The third-order valence-corrected chi connectivity index (χ3v) is 4.79. The first-order chi connectivity index (χ1) is 13.1. The third-order valence-electron chi connectivity index (χ3n) is 4.53. The normalized spacial score (nSPS) is 11.4. The zero-order valence-corrected chi connectivity index (χ0v) is 15.7. The van der Waals surface area contributed by atoms with E-state index in [0.29, 0.717) is 23.7 Å². The fourth-order valence-electron chi connectivity index (χ4n) is 3.20. The topological polar surface area (TPSA) is 57.8 Å². The molecule has 4 aromatic rings. The number of methoxy groups -OCH3 is 2. The molecule has 0 spiro atoms. The van der Waals surface area contributed by atoms with Crippen molar-refractivity contribution in [1.82, 2.24) is 14.0 Å². The first kappa shape index (κ1) is 17.6. The number of hydrogen-bond donors (Lipinski definition) is 0. The molecule has 0 atom stereocenters. The number of rotatable bonds is 5. The number of imidazole rings is 2. The fraction of sp³-hybridized carbons (Fsp3) is 0.200. The molecular formula is C20H18ClN3O3. The lowest BCUT2D eigenvalue weighted by molar-refractivity contribution is 0.0601. The Labute approximate surface area is 160 Å². The van der Waals surface area contributed by atoms with Crippen LogP contribution in [0.15, 0.2) is 48.7 Å². The maximum Gasteiger partial charge on any atom is 0.337 e. The highest BCUT2D eigenvalue weighted by atomic mass is 35.5. The quantitative estimate of drug-likeness (QED) is 0.488. The summed E-state index contributed by atoms with van der Waals surface area (Å²) in [7, 11) is 3.05. The van der Waals surface area contributed by atoms with Gasteiger partial charge in [0.25, 0.3) is 0 Å². The van der Waals surface area contributed by atoms with E-state index in [1.807, 2.05) is 47.0 Å². The van der Waals surface area contributed by atoms with Crippen LogP contribution in [-0.2, 0) is 16.0 Å². The number of aromatic nitrogens is 3. The van der Waals surface area contributed by atoms with Gasteiger partial charge in [0.15, 0.2) is 0 Å². The van der Waals surface area contributed by atoms with Crippen LogP contribution in [0.1, 0.15) is 10.4 Å². The summed E-state index contributed by atoms with van der Waals surface area (Å²) in [5.41, 5.74) is 4.16. The predicted octanol–water partition coefficient (Wildman–Crippen LogP) is 4.04. The van der Waals surface area contributed by atoms with Gasteiger partial charge in [-0.15, -0.1) is 0 Å². The maximum absolute atomic E-state index is 11.9. The monoisotopic (exact) mass is 383 g/mol. The predicted molar refractivity (Wildman–Crippen MR) is 104 cm³/mol. The van der Waals surface area contributed by atoms with Crippen LogP contribution in [0.3, 0.4) is 0 Å². The van der Waals surface area contributed by atoms with E-state index in [9.17, 15) is 4.79 Å². The number of halogens is 1. The van der Waals surface area contributed by atoms with Crippen LogP contribution in [-0.4, -0.2) is 40.7 Å². The number of nitrogens with zero attached hydrogens (tertiary/aromatic N) is 3. The fourth-order valence-corrected chi connectivity index (χ4v) is 3.32. The number of fused-ring (bicyclic) bond motifs is 3. The molecule has 0 radical (unpaired) electrons. The molecule has 0 amide bonds. The molecule has 0 N–H and O–H groups in total. The van der Waals surface area contributed by atoms with E-state index in [0.717, 1.165) is 28.1 Å². The van der Waals surface area contributed by atoms with Crippen LogP contribution in [0.2, 0.25) is 5.02 Å². The van der Waals surface area contributed by atoms with E-state index in [1.54, 1.807) is 13.2 Å². The van der Waals surface area contributed by atoms with Crippen LogP contribution in [0.5, 0.6) is 0 Å². The second-order valence-electron chi connectivity index (χ2n) is 6.14. The molecule has 6 nitrogen and oxygen atoms in total. The Kier molecular flexibility index (Phi) is 4.59. The number of carbonyl (C=O) groups excluding carboxylic acids is 1. The molecule has 0 aliphatic rings. The summed E-state index contributed by atoms with van der Waals surface area (Å²) >= 11 is 5.99. The summed E-state index contributed by atoms with van der Waals surface area (Å²) in [5.74, 6) is 0.418. The highest BCUT2D eigenvalue weighted by Crippen LogP contribution is 2.27. The minimum Gasteiger partial charge on any atom is -0.465 e. The lowest BCUT2D eigenvalue weighted by atomic mass is 10.2. The van der Waals surface area contributed by atoms with Gasteiger partial charge in [-0.1, -0.05) is 23.7 Å². The largest absolute Gasteiger partial charge is 0.465 e. The Hall–Kier alpha value is -2.83. The van der Waals surface area contributed by atoms with Crippen LogP contribution < -0.4 is 0 Å². The van der Waals surface area contributed by atoms with E-state index in [1.165, 1.54) is 7.11 Å². The lowest BCUT2D eigenvalue weighted by Gasteiger charge is -2.05. The van der Waals surface area contributed by atoms with Crippen molar-refractivity contribution in [3.63, 3.8) is 0 Å². The molecule has 27 heavy (non-hydrogen) atoms. The third kappa shape index (κ3) is 3.07. The van der Waals surface area contributed by atoms with E-state index >= 15 is 0 Å². The Morgan fingerprint density at radius 1 is 1.11 bits per heavy atom. The molecule has 0 unspecified atom stereocenters. The summed E-state index contributed by atoms with van der Waals surface area (Å²) in [6, 6.07) is 13.0. The highest BCUT2D eigenvalue weighted by Gasteiger charge is 2.17. The minimum atomic E-state index is -0.368. The van der Waals surface area contributed by atoms with Crippen molar-refractivity contribution in [2.75, 3.05) is 20.8 Å². The second-order valence-corrected chi connectivity index (χ2v) is 6.58. The van der Waals surface area contributed by atoms with Gasteiger partial charge in [-0.05, 0) is 30.3 Å². The number of carbonyl (C=O) groups is 1. The molecular weight excluding hydrogens is 366 g/mol. The average molecular weight is 384 g/mol. The minimum absolute atomic E-state index is 0.368. The molecule has 0 saturated heterocycles. The summed E-state index contributed by atoms with van der Waals surface area (Å²) in [5, 5.41) is 0.681. The van der Waals surface area contributed by atoms with Crippen LogP contribution in [0.25, 0.3) is 28.1 Å². The van der Waals surface area contributed by atoms with E-state index in [4.69, 9.17) is 26.1 Å². The van der Waals surface area contributed by atoms with Crippen molar-refractivity contribution < 1.29 is 14.3 Å². The van der Waals surface area contributed by atoms with Gasteiger partial charge in [0.1, 0.15) is 0 Å². The first-order valence-electron chi connectivity index (χ1n) is 8.47. The lowest BCUT2D eigenvalue weighted by Crippen LogP contribution is -2.05. The van der Waals surface area contributed by atoms with Gasteiger partial charge in [0, 0.05) is 30.4 Å². The van der Waals surface area contributed by atoms with Crippen molar-refractivity contribution in [3.8, 4) is 11.3 Å². The van der Waals surface area contributed by atoms with Crippen molar-refractivity contribution in [1.29, 1.82) is 0 Å². The SMILES string of the molecule is COCCn1c2ccc(C(=O)OC)cc2n2cc(-c3ccc(Cl)cc3)nc12. The van der Waals surface area contributed by atoms with Gasteiger partial charge in [-0.3, -0.25) is 4.40 Å². The second kappa shape index (κ2) is 7.06. The molecule has 2 aromatic heterocycles. The molecule has 4 rings (SSSR count). The summed E-state index contributed by atoms with van der Waals surface area (Å²) < 4.78 is 14.2.